The smallest absolute Gasteiger partial charge is 0.344 e. The Morgan fingerprint density at radius 3 is 2.21 bits per heavy atom. The molecule has 12 heteroatoms. The molecule has 1 saturated carbocycles. The Kier molecular flexibility index (Phi) is 5.55. The van der Waals surface area contributed by atoms with E-state index in [2.05, 4.69) is 0 Å². The molecule has 7 N–H and O–H groups in total. The van der Waals surface area contributed by atoms with E-state index in [9.17, 15) is 50.1 Å². The van der Waals surface area contributed by atoms with Crippen molar-refractivity contribution in [1.29, 1.82) is 0 Å². The van der Waals surface area contributed by atoms with Gasteiger partial charge in [0.2, 0.25) is 11.2 Å². The van der Waals surface area contributed by atoms with E-state index >= 15 is 0 Å². The number of fused-ring (bicyclic) bond motifs is 1. The van der Waals surface area contributed by atoms with Crippen LogP contribution in [0.2, 0.25) is 0 Å². The normalized spacial score (nSPS) is 20.4. The van der Waals surface area contributed by atoms with E-state index in [0.717, 1.165) is 24.3 Å². The summed E-state index contributed by atoms with van der Waals surface area (Å²) in [6.07, 6.45) is -3.79. The van der Waals surface area contributed by atoms with Gasteiger partial charge in [-0.1, -0.05) is 0 Å². The summed E-state index contributed by atoms with van der Waals surface area (Å²) < 4.78 is 10.8. The number of rotatable bonds is 3. The molecule has 0 saturated heterocycles. The maximum absolute atomic E-state index is 13.2. The van der Waals surface area contributed by atoms with Gasteiger partial charge in [-0.15, -0.1) is 0 Å². The maximum Gasteiger partial charge on any atom is 0.344 e. The molecule has 0 bridgehead atoms. The van der Waals surface area contributed by atoms with Gasteiger partial charge in [-0.05, 0) is 18.6 Å². The molecule has 4 rings (SSSR count). The van der Waals surface area contributed by atoms with Crippen LogP contribution in [0, 0.1) is 0 Å². The fourth-order valence-corrected chi connectivity index (χ4v) is 3.81. The molecule has 2 aromatic carbocycles. The number of aliphatic hydroxyl groups excluding tert-OH is 2. The lowest BCUT2D eigenvalue weighted by molar-refractivity contribution is -0.137. The number of benzene rings is 2. The van der Waals surface area contributed by atoms with Crippen LogP contribution in [0.5, 0.6) is 34.5 Å². The van der Waals surface area contributed by atoms with Crippen molar-refractivity contribution in [2.24, 2.45) is 0 Å². The predicted molar refractivity (Wildman–Crippen MR) is 111 cm³/mol. The number of aliphatic hydroxyl groups is 2. The van der Waals surface area contributed by atoms with E-state index in [4.69, 9.17) is 9.15 Å². The van der Waals surface area contributed by atoms with Gasteiger partial charge in [0.25, 0.3) is 0 Å². The van der Waals surface area contributed by atoms with Gasteiger partial charge in [0.1, 0.15) is 28.6 Å². The van der Waals surface area contributed by atoms with Crippen LogP contribution in [0.25, 0.3) is 11.0 Å². The maximum atomic E-state index is 13.2. The summed E-state index contributed by atoms with van der Waals surface area (Å²) in [6.45, 7) is 0. The van der Waals surface area contributed by atoms with Crippen LogP contribution in [-0.4, -0.2) is 59.7 Å². The van der Waals surface area contributed by atoms with Crippen molar-refractivity contribution in [2.75, 3.05) is 0 Å². The lowest BCUT2D eigenvalue weighted by Crippen LogP contribution is -2.40. The fourth-order valence-electron chi connectivity index (χ4n) is 3.81. The summed E-state index contributed by atoms with van der Waals surface area (Å²) in [4.78, 5) is 38.0. The van der Waals surface area contributed by atoms with Crippen LogP contribution in [0.3, 0.4) is 0 Å². The summed E-state index contributed by atoms with van der Waals surface area (Å²) in [6, 6.07) is 3.39. The Morgan fingerprint density at radius 1 is 0.941 bits per heavy atom. The fraction of sp³-hybridized carbons (Fsp3) is 0.227. The summed E-state index contributed by atoms with van der Waals surface area (Å²) in [7, 11) is 0. The second-order valence-corrected chi connectivity index (χ2v) is 7.83. The highest BCUT2D eigenvalue weighted by atomic mass is 16.5. The van der Waals surface area contributed by atoms with Gasteiger partial charge >= 0.3 is 5.97 Å². The lowest BCUT2D eigenvalue weighted by atomic mass is 9.82. The molecule has 1 aromatic heterocycles. The standard InChI is InChI=1S/C22H18O12/c23-9-5-10(24)16-15(6-9)33-20(7-1-11(25)17(29)12(26)2-7)21(19(16)31)34-22(32)8-3-13(27)18(30)14(28)4-8/h3-7,11,17,23-25,27-30H,1-2H2. The first kappa shape index (κ1) is 22.9. The highest BCUT2D eigenvalue weighted by Gasteiger charge is 2.39. The molecule has 12 nitrogen and oxygen atoms in total. The number of hydrogen-bond donors (Lipinski definition) is 7. The highest BCUT2D eigenvalue weighted by Crippen LogP contribution is 2.40. The minimum atomic E-state index is -1.65. The van der Waals surface area contributed by atoms with Gasteiger partial charge < -0.3 is 44.9 Å². The first-order valence-electron chi connectivity index (χ1n) is 9.86. The molecular formula is C22H18O12. The summed E-state index contributed by atoms with van der Waals surface area (Å²) in [5.74, 6) is -7.92. The monoisotopic (exact) mass is 474 g/mol. The minimum Gasteiger partial charge on any atom is -0.508 e. The molecule has 34 heavy (non-hydrogen) atoms. The number of carbonyl (C=O) groups excluding carboxylic acids is 2. The van der Waals surface area contributed by atoms with E-state index in [1.54, 1.807) is 0 Å². The van der Waals surface area contributed by atoms with E-state index in [-0.39, 0.29) is 24.2 Å². The Labute approximate surface area is 189 Å². The Morgan fingerprint density at radius 2 is 1.59 bits per heavy atom. The van der Waals surface area contributed by atoms with Gasteiger partial charge in [0.15, 0.2) is 28.8 Å². The third-order valence-electron chi connectivity index (χ3n) is 5.48. The zero-order valence-corrected chi connectivity index (χ0v) is 17.1. The van der Waals surface area contributed by atoms with Gasteiger partial charge in [-0.3, -0.25) is 9.59 Å². The molecule has 1 aliphatic rings. The van der Waals surface area contributed by atoms with Crippen LogP contribution < -0.4 is 10.2 Å². The highest BCUT2D eigenvalue weighted by molar-refractivity contribution is 5.94. The SMILES string of the molecule is O=C(Oc1c(C2CC(=O)C(O)C(O)C2)oc2cc(O)cc(O)c2c1=O)c1cc(O)c(O)c(O)c1. The number of phenols is 5. The Bertz CT molecular complexity index is 1370. The van der Waals surface area contributed by atoms with Crippen molar-refractivity contribution in [3.8, 4) is 34.5 Å². The number of esters is 1. The largest absolute Gasteiger partial charge is 0.508 e. The summed E-state index contributed by atoms with van der Waals surface area (Å²) >= 11 is 0. The first-order chi connectivity index (χ1) is 16.0. The van der Waals surface area contributed by atoms with Crippen molar-refractivity contribution >= 4 is 22.7 Å². The molecule has 1 aliphatic carbocycles. The van der Waals surface area contributed by atoms with Crippen molar-refractivity contribution < 1.29 is 54.5 Å². The predicted octanol–water partition coefficient (Wildman–Crippen LogP) is 0.708. The number of aromatic hydroxyl groups is 5. The van der Waals surface area contributed by atoms with Crippen LogP contribution in [0.1, 0.15) is 34.9 Å². The van der Waals surface area contributed by atoms with E-state index < -0.39 is 80.8 Å². The van der Waals surface area contributed by atoms with E-state index in [1.165, 1.54) is 0 Å². The quantitative estimate of drug-likeness (QED) is 0.206. The molecule has 0 spiro atoms. The zero-order chi connectivity index (χ0) is 24.9. The first-order valence-corrected chi connectivity index (χ1v) is 9.86. The molecule has 0 amide bonds. The average Bonchev–Trinajstić information content (AvgIpc) is 2.76. The summed E-state index contributed by atoms with van der Waals surface area (Å²) in [5, 5.41) is 68.0. The zero-order valence-electron chi connectivity index (χ0n) is 17.1. The molecule has 0 radical (unpaired) electrons. The third kappa shape index (κ3) is 3.84. The van der Waals surface area contributed by atoms with E-state index in [0.29, 0.717) is 0 Å². The van der Waals surface area contributed by atoms with Gasteiger partial charge in [-0.25, -0.2) is 4.79 Å². The van der Waals surface area contributed by atoms with Crippen LogP contribution >= 0.6 is 0 Å². The van der Waals surface area contributed by atoms with Crippen LogP contribution in [-0.2, 0) is 4.79 Å². The molecule has 3 unspecified atom stereocenters. The van der Waals surface area contributed by atoms with Gasteiger partial charge in [0.05, 0.1) is 11.7 Å². The van der Waals surface area contributed by atoms with Crippen molar-refractivity contribution in [1.82, 2.24) is 0 Å². The average molecular weight is 474 g/mol. The second kappa shape index (κ2) is 8.24. The molecule has 0 aliphatic heterocycles. The number of carbonyl (C=O) groups is 2. The van der Waals surface area contributed by atoms with Crippen LogP contribution in [0.15, 0.2) is 33.5 Å². The van der Waals surface area contributed by atoms with Crippen molar-refractivity contribution in [3.63, 3.8) is 0 Å². The number of phenolic OH excluding ortho intramolecular Hbond substituents is 5. The van der Waals surface area contributed by atoms with E-state index in [1.807, 2.05) is 0 Å². The van der Waals surface area contributed by atoms with Crippen molar-refractivity contribution in [2.45, 2.75) is 31.0 Å². The Hall–Kier alpha value is -4.29. The molecule has 1 fully saturated rings. The molecule has 1 heterocycles. The number of Topliss-reactive ketones (excluding diaryl/α,β-unsaturated/α-hetero) is 1. The van der Waals surface area contributed by atoms with Gasteiger partial charge in [0, 0.05) is 24.5 Å². The van der Waals surface area contributed by atoms with Gasteiger partial charge in [-0.2, -0.15) is 0 Å². The van der Waals surface area contributed by atoms with Crippen molar-refractivity contribution in [3.05, 3.63) is 45.8 Å². The number of ether oxygens (including phenoxy) is 1. The summed E-state index contributed by atoms with van der Waals surface area (Å²) in [5.41, 5.74) is -1.82. The number of hydrogen-bond acceptors (Lipinski definition) is 12. The topological polar surface area (TPSA) is 215 Å². The third-order valence-corrected chi connectivity index (χ3v) is 5.48. The second-order valence-electron chi connectivity index (χ2n) is 7.83. The minimum absolute atomic E-state index is 0.252. The molecule has 3 atom stereocenters. The molecule has 178 valence electrons. The lowest BCUT2D eigenvalue weighted by Gasteiger charge is -2.28. The number of ketones is 1. The molecule has 3 aromatic rings. The molecular weight excluding hydrogens is 456 g/mol. The Balaban J connectivity index is 1.88. The van der Waals surface area contributed by atoms with Crippen LogP contribution in [0.4, 0.5) is 0 Å².